The maximum Gasteiger partial charge on any atom is 0.310 e. The first-order valence-corrected chi connectivity index (χ1v) is 5.86. The van der Waals surface area contributed by atoms with E-state index in [1.54, 1.807) is 6.07 Å². The zero-order valence-electron chi connectivity index (χ0n) is 10.3. The van der Waals surface area contributed by atoms with Gasteiger partial charge in [0.05, 0.1) is 18.1 Å². The minimum atomic E-state index is -0.590. The van der Waals surface area contributed by atoms with Gasteiger partial charge in [-0.25, -0.2) is 0 Å². The van der Waals surface area contributed by atoms with Crippen LogP contribution >= 0.6 is 11.6 Å². The number of carbonyl (C=O) groups is 1. The van der Waals surface area contributed by atoms with Gasteiger partial charge in [0.2, 0.25) is 5.91 Å². The Kier molecular flexibility index (Phi) is 6.04. The van der Waals surface area contributed by atoms with Gasteiger partial charge >= 0.3 is 5.69 Å². The lowest BCUT2D eigenvalue weighted by Crippen LogP contribution is -2.32. The third kappa shape index (κ3) is 4.72. The highest BCUT2D eigenvalue weighted by molar-refractivity contribution is 6.33. The Hall–Kier alpha value is -1.86. The van der Waals surface area contributed by atoms with E-state index in [0.29, 0.717) is 13.2 Å². The van der Waals surface area contributed by atoms with Gasteiger partial charge in [0.25, 0.3) is 0 Å². The third-order valence-electron chi connectivity index (χ3n) is 2.24. The first kappa shape index (κ1) is 15.2. The lowest BCUT2D eigenvalue weighted by molar-refractivity contribution is -0.383. The molecule has 0 saturated heterocycles. The number of benzene rings is 1. The topological polar surface area (TPSA) is 93.5 Å². The number of ether oxygens (including phenoxy) is 1. The molecule has 0 aliphatic heterocycles. The van der Waals surface area contributed by atoms with E-state index in [9.17, 15) is 14.9 Å². The molecule has 2 N–H and O–H groups in total. The SMILES string of the molecule is COCCNC(=O)CNc1cccc(Cl)c1[N+](=O)[O-]. The molecule has 0 fully saturated rings. The van der Waals surface area contributed by atoms with Crippen LogP contribution < -0.4 is 10.6 Å². The largest absolute Gasteiger partial charge is 0.383 e. The summed E-state index contributed by atoms with van der Waals surface area (Å²) < 4.78 is 4.78. The van der Waals surface area contributed by atoms with E-state index >= 15 is 0 Å². The van der Waals surface area contributed by atoms with Gasteiger partial charge in [-0.05, 0) is 12.1 Å². The monoisotopic (exact) mass is 287 g/mol. The van der Waals surface area contributed by atoms with Crippen LogP contribution in [0.15, 0.2) is 18.2 Å². The standard InChI is InChI=1S/C11H14ClN3O4/c1-19-6-5-13-10(16)7-14-9-4-2-3-8(12)11(9)15(17)18/h2-4,14H,5-7H2,1H3,(H,13,16). The molecule has 8 heteroatoms. The van der Waals surface area contributed by atoms with Crippen molar-refractivity contribution in [2.45, 2.75) is 0 Å². The zero-order valence-corrected chi connectivity index (χ0v) is 11.1. The Balaban J connectivity index is 2.60. The number of rotatable bonds is 7. The Bertz CT molecular complexity index is 467. The van der Waals surface area contributed by atoms with Crippen LogP contribution in [0.5, 0.6) is 0 Å². The molecule has 0 aliphatic rings. The van der Waals surface area contributed by atoms with Crippen molar-refractivity contribution in [1.29, 1.82) is 0 Å². The number of hydrogen-bond donors (Lipinski definition) is 2. The predicted octanol–water partition coefficient (Wildman–Crippen LogP) is 1.42. The van der Waals surface area contributed by atoms with Gasteiger partial charge in [0.1, 0.15) is 10.7 Å². The summed E-state index contributed by atoms with van der Waals surface area (Å²) in [5, 5.41) is 16.2. The molecule has 1 rings (SSSR count). The van der Waals surface area contributed by atoms with E-state index in [-0.39, 0.29) is 28.8 Å². The fourth-order valence-corrected chi connectivity index (χ4v) is 1.62. The molecule has 7 nitrogen and oxygen atoms in total. The second kappa shape index (κ2) is 7.55. The van der Waals surface area contributed by atoms with Crippen molar-refractivity contribution in [2.75, 3.05) is 32.1 Å². The first-order valence-electron chi connectivity index (χ1n) is 5.48. The molecule has 0 bridgehead atoms. The van der Waals surface area contributed by atoms with Crippen LogP contribution in [-0.4, -0.2) is 37.6 Å². The minimum absolute atomic E-state index is 0.0230. The number of methoxy groups -OCH3 is 1. The molecule has 1 aromatic rings. The molecule has 0 radical (unpaired) electrons. The van der Waals surface area contributed by atoms with Crippen molar-refractivity contribution in [3.05, 3.63) is 33.3 Å². The minimum Gasteiger partial charge on any atom is -0.383 e. The molecule has 0 aromatic heterocycles. The molecule has 0 unspecified atom stereocenters. The van der Waals surface area contributed by atoms with Crippen LogP contribution in [0.2, 0.25) is 5.02 Å². The van der Waals surface area contributed by atoms with E-state index in [1.807, 2.05) is 0 Å². The summed E-state index contributed by atoms with van der Waals surface area (Å²) in [4.78, 5) is 21.7. The molecule has 0 spiro atoms. The Morgan fingerprint density at radius 1 is 1.53 bits per heavy atom. The maximum atomic E-state index is 11.4. The molecular weight excluding hydrogens is 274 g/mol. The van der Waals surface area contributed by atoms with Crippen LogP contribution in [0.25, 0.3) is 0 Å². The van der Waals surface area contributed by atoms with Gasteiger partial charge in [-0.3, -0.25) is 14.9 Å². The Morgan fingerprint density at radius 3 is 2.89 bits per heavy atom. The molecule has 1 amide bonds. The van der Waals surface area contributed by atoms with E-state index < -0.39 is 4.92 Å². The smallest absolute Gasteiger partial charge is 0.310 e. The molecule has 0 heterocycles. The van der Waals surface area contributed by atoms with E-state index in [0.717, 1.165) is 0 Å². The summed E-state index contributed by atoms with van der Waals surface area (Å²) >= 11 is 5.74. The summed E-state index contributed by atoms with van der Waals surface area (Å²) in [5.74, 6) is -0.286. The van der Waals surface area contributed by atoms with Crippen LogP contribution in [-0.2, 0) is 9.53 Å². The highest BCUT2D eigenvalue weighted by Gasteiger charge is 2.18. The molecule has 19 heavy (non-hydrogen) atoms. The first-order chi connectivity index (χ1) is 9.06. The van der Waals surface area contributed by atoms with Crippen molar-refractivity contribution in [3.63, 3.8) is 0 Å². The van der Waals surface area contributed by atoms with Gasteiger partial charge in [0, 0.05) is 13.7 Å². The molecule has 0 atom stereocenters. The highest BCUT2D eigenvalue weighted by Crippen LogP contribution is 2.31. The average Bonchev–Trinajstić information content (AvgIpc) is 2.36. The highest BCUT2D eigenvalue weighted by atomic mass is 35.5. The molecule has 0 aliphatic carbocycles. The molecule has 104 valence electrons. The fourth-order valence-electron chi connectivity index (χ4n) is 1.37. The number of para-hydroxylation sites is 1. The number of carbonyl (C=O) groups excluding carboxylic acids is 1. The van der Waals surface area contributed by atoms with Gasteiger partial charge < -0.3 is 15.4 Å². The van der Waals surface area contributed by atoms with E-state index in [1.165, 1.54) is 19.2 Å². The van der Waals surface area contributed by atoms with Gasteiger partial charge in [-0.1, -0.05) is 17.7 Å². The van der Waals surface area contributed by atoms with Crippen LogP contribution in [0.1, 0.15) is 0 Å². The quantitative estimate of drug-likeness (QED) is 0.449. The number of amides is 1. The summed E-state index contributed by atoms with van der Waals surface area (Å²) in [6.07, 6.45) is 0. The molecule has 0 saturated carbocycles. The summed E-state index contributed by atoms with van der Waals surface area (Å²) in [6, 6.07) is 4.48. The van der Waals surface area contributed by atoms with E-state index in [2.05, 4.69) is 10.6 Å². The second-order valence-corrected chi connectivity index (χ2v) is 4.00. The van der Waals surface area contributed by atoms with Gasteiger partial charge in [-0.15, -0.1) is 0 Å². The number of nitrogens with zero attached hydrogens (tertiary/aromatic N) is 1. The average molecular weight is 288 g/mol. The second-order valence-electron chi connectivity index (χ2n) is 3.59. The number of nitro benzene ring substituents is 1. The van der Waals surface area contributed by atoms with Gasteiger partial charge in [-0.2, -0.15) is 0 Å². The zero-order chi connectivity index (χ0) is 14.3. The third-order valence-corrected chi connectivity index (χ3v) is 2.54. The lowest BCUT2D eigenvalue weighted by Gasteiger charge is -2.08. The van der Waals surface area contributed by atoms with Crippen molar-refractivity contribution in [1.82, 2.24) is 5.32 Å². The Morgan fingerprint density at radius 2 is 2.26 bits per heavy atom. The molecular formula is C11H14ClN3O4. The van der Waals surface area contributed by atoms with Crippen molar-refractivity contribution >= 4 is 28.9 Å². The molecule has 1 aromatic carbocycles. The normalized spacial score (nSPS) is 10.0. The van der Waals surface area contributed by atoms with Gasteiger partial charge in [0.15, 0.2) is 0 Å². The van der Waals surface area contributed by atoms with Crippen molar-refractivity contribution in [2.24, 2.45) is 0 Å². The lowest BCUT2D eigenvalue weighted by atomic mass is 10.2. The van der Waals surface area contributed by atoms with Crippen molar-refractivity contribution in [3.8, 4) is 0 Å². The number of hydrogen-bond acceptors (Lipinski definition) is 5. The summed E-state index contributed by atoms with van der Waals surface area (Å²) in [6.45, 7) is 0.711. The number of nitrogens with one attached hydrogen (secondary N) is 2. The number of anilines is 1. The predicted molar refractivity (Wildman–Crippen MR) is 71.5 cm³/mol. The van der Waals surface area contributed by atoms with Crippen LogP contribution in [0, 0.1) is 10.1 Å². The van der Waals surface area contributed by atoms with Crippen molar-refractivity contribution < 1.29 is 14.5 Å². The van der Waals surface area contributed by atoms with Crippen LogP contribution in [0.4, 0.5) is 11.4 Å². The Labute approximate surface area is 115 Å². The van der Waals surface area contributed by atoms with E-state index in [4.69, 9.17) is 16.3 Å². The maximum absolute atomic E-state index is 11.4. The summed E-state index contributed by atoms with van der Waals surface area (Å²) in [5.41, 5.74) is -0.0340. The number of halogens is 1. The summed E-state index contributed by atoms with van der Waals surface area (Å²) in [7, 11) is 1.53. The fraction of sp³-hybridized carbons (Fsp3) is 0.364. The number of nitro groups is 1. The van der Waals surface area contributed by atoms with Crippen LogP contribution in [0.3, 0.4) is 0 Å².